The monoisotopic (exact) mass is 386 g/mol. The van der Waals surface area contributed by atoms with Crippen molar-refractivity contribution in [2.45, 2.75) is 39.7 Å². The molecule has 1 atom stereocenters. The van der Waals surface area contributed by atoms with E-state index >= 15 is 0 Å². The molecule has 2 amide bonds. The third kappa shape index (κ3) is 4.54. The summed E-state index contributed by atoms with van der Waals surface area (Å²) in [6, 6.07) is 7.93. The lowest BCUT2D eigenvalue weighted by atomic mass is 9.97. The van der Waals surface area contributed by atoms with Crippen LogP contribution >= 0.6 is 11.3 Å². The van der Waals surface area contributed by atoms with E-state index < -0.39 is 0 Å². The van der Waals surface area contributed by atoms with Gasteiger partial charge in [0.1, 0.15) is 0 Å². The average molecular weight is 387 g/mol. The Balaban J connectivity index is 1.78. The molecule has 1 saturated heterocycles. The van der Waals surface area contributed by atoms with Gasteiger partial charge in [-0.15, -0.1) is 11.3 Å². The summed E-state index contributed by atoms with van der Waals surface area (Å²) in [7, 11) is 0. The van der Waals surface area contributed by atoms with Gasteiger partial charge >= 0.3 is 0 Å². The summed E-state index contributed by atoms with van der Waals surface area (Å²) in [5, 5.41) is 2.68. The fraction of sp³-hybridized carbons (Fsp3) is 0.450. The molecular weight excluding hydrogens is 360 g/mol. The van der Waals surface area contributed by atoms with Crippen molar-refractivity contribution in [3.63, 3.8) is 0 Å². The lowest BCUT2D eigenvalue weighted by Crippen LogP contribution is -2.40. The van der Waals surface area contributed by atoms with E-state index in [1.807, 2.05) is 29.6 Å². The van der Waals surface area contributed by atoms with Crippen LogP contribution in [-0.4, -0.2) is 34.8 Å². The van der Waals surface area contributed by atoms with Crippen LogP contribution in [0.4, 0.5) is 10.8 Å². The van der Waals surface area contributed by atoms with Crippen molar-refractivity contribution in [2.75, 3.05) is 18.0 Å². The number of nitrogens with zero attached hydrogens (tertiary/aromatic N) is 3. The maximum absolute atomic E-state index is 12.4. The van der Waals surface area contributed by atoms with Crippen LogP contribution in [0.25, 0.3) is 0 Å². The van der Waals surface area contributed by atoms with Gasteiger partial charge < -0.3 is 5.73 Å². The molecule has 0 bridgehead atoms. The molecule has 1 aliphatic heterocycles. The Morgan fingerprint density at radius 1 is 1.37 bits per heavy atom. The number of thiazole rings is 1. The number of likely N-dealkylation sites (tertiary alicyclic amines) is 1. The minimum absolute atomic E-state index is 0.0523. The Labute approximate surface area is 164 Å². The number of hydrogen-bond acceptors (Lipinski definition) is 5. The summed E-state index contributed by atoms with van der Waals surface area (Å²) < 4.78 is 0. The van der Waals surface area contributed by atoms with Gasteiger partial charge in [0.05, 0.1) is 17.3 Å². The Bertz CT molecular complexity index is 820. The molecule has 1 aromatic heterocycles. The maximum Gasteiger partial charge on any atom is 0.230 e. The Hall–Kier alpha value is -2.25. The number of carbonyl (C=O) groups excluding carboxylic acids is 2. The topological polar surface area (TPSA) is 79.5 Å². The first kappa shape index (κ1) is 19.5. The minimum atomic E-state index is -0.224. The SMILES string of the molecule is CCc1ccccc1N(C(C)=O)c1nc(CN2CCC[C@H](C(N)=O)C2)cs1. The highest BCUT2D eigenvalue weighted by Gasteiger charge is 2.25. The highest BCUT2D eigenvalue weighted by atomic mass is 32.1. The van der Waals surface area contributed by atoms with Crippen LogP contribution in [0.3, 0.4) is 0 Å². The number of amides is 2. The molecule has 0 unspecified atom stereocenters. The van der Waals surface area contributed by atoms with E-state index in [1.54, 1.807) is 11.8 Å². The van der Waals surface area contributed by atoms with Gasteiger partial charge in [-0.2, -0.15) is 0 Å². The van der Waals surface area contributed by atoms with Crippen molar-refractivity contribution >= 4 is 34.0 Å². The molecule has 1 aliphatic rings. The van der Waals surface area contributed by atoms with Gasteiger partial charge in [0.25, 0.3) is 0 Å². The highest BCUT2D eigenvalue weighted by molar-refractivity contribution is 7.14. The molecule has 1 aromatic carbocycles. The van der Waals surface area contributed by atoms with Gasteiger partial charge in [-0.1, -0.05) is 25.1 Å². The molecule has 2 aromatic rings. The summed E-state index contributed by atoms with van der Waals surface area (Å²) in [4.78, 5) is 32.5. The Morgan fingerprint density at radius 3 is 2.85 bits per heavy atom. The first-order chi connectivity index (χ1) is 13.0. The number of nitrogens with two attached hydrogens (primary N) is 1. The van der Waals surface area contributed by atoms with E-state index in [1.165, 1.54) is 11.3 Å². The first-order valence-corrected chi connectivity index (χ1v) is 10.2. The van der Waals surface area contributed by atoms with Gasteiger partial charge in [-0.25, -0.2) is 4.98 Å². The van der Waals surface area contributed by atoms with Crippen LogP contribution in [0, 0.1) is 5.92 Å². The van der Waals surface area contributed by atoms with Crippen LogP contribution in [0.15, 0.2) is 29.6 Å². The van der Waals surface area contributed by atoms with Crippen LogP contribution in [0.2, 0.25) is 0 Å². The number of benzene rings is 1. The van der Waals surface area contributed by atoms with E-state index in [2.05, 4.69) is 11.8 Å². The zero-order valence-corrected chi connectivity index (χ0v) is 16.7. The Morgan fingerprint density at radius 2 is 2.15 bits per heavy atom. The fourth-order valence-electron chi connectivity index (χ4n) is 3.57. The van der Waals surface area contributed by atoms with E-state index in [0.717, 1.165) is 42.8 Å². The normalized spacial score (nSPS) is 17.6. The molecular formula is C20H26N4O2S. The predicted octanol–water partition coefficient (Wildman–Crippen LogP) is 3.09. The molecule has 7 heteroatoms. The first-order valence-electron chi connectivity index (χ1n) is 9.34. The maximum atomic E-state index is 12.4. The van der Waals surface area contributed by atoms with E-state index in [9.17, 15) is 9.59 Å². The summed E-state index contributed by atoms with van der Waals surface area (Å²) in [6.07, 6.45) is 2.68. The summed E-state index contributed by atoms with van der Waals surface area (Å²) in [5.41, 5.74) is 8.39. The van der Waals surface area contributed by atoms with Gasteiger partial charge in [0, 0.05) is 25.4 Å². The molecule has 27 heavy (non-hydrogen) atoms. The number of anilines is 2. The average Bonchev–Trinajstić information content (AvgIpc) is 3.10. The van der Waals surface area contributed by atoms with Gasteiger partial charge in [0.15, 0.2) is 5.13 Å². The van der Waals surface area contributed by atoms with Gasteiger partial charge in [-0.05, 0) is 37.4 Å². The van der Waals surface area contributed by atoms with Crippen LogP contribution in [-0.2, 0) is 22.6 Å². The molecule has 0 aliphatic carbocycles. The largest absolute Gasteiger partial charge is 0.369 e. The number of primary amides is 1. The molecule has 2 N–H and O–H groups in total. The number of carbonyl (C=O) groups is 2. The van der Waals surface area contributed by atoms with Crippen molar-refractivity contribution in [2.24, 2.45) is 11.7 Å². The molecule has 1 fully saturated rings. The second-order valence-electron chi connectivity index (χ2n) is 6.93. The smallest absolute Gasteiger partial charge is 0.230 e. The summed E-state index contributed by atoms with van der Waals surface area (Å²) in [5.74, 6) is -0.358. The molecule has 0 radical (unpaired) electrons. The lowest BCUT2D eigenvalue weighted by molar-refractivity contribution is -0.123. The van der Waals surface area contributed by atoms with Crippen molar-refractivity contribution < 1.29 is 9.59 Å². The van der Waals surface area contributed by atoms with Crippen molar-refractivity contribution in [1.29, 1.82) is 0 Å². The fourth-order valence-corrected chi connectivity index (χ4v) is 4.44. The van der Waals surface area contributed by atoms with Crippen molar-refractivity contribution in [3.8, 4) is 0 Å². The second-order valence-corrected chi connectivity index (χ2v) is 7.77. The quantitative estimate of drug-likeness (QED) is 0.827. The molecule has 2 heterocycles. The van der Waals surface area contributed by atoms with Gasteiger partial charge in [0.2, 0.25) is 11.8 Å². The standard InChI is InChI=1S/C20H26N4O2S/c1-3-15-7-4-5-9-18(15)24(14(2)25)20-22-17(13-27-20)12-23-10-6-8-16(11-23)19(21)26/h4-5,7,9,13,16H,3,6,8,10-12H2,1-2H3,(H2,21,26)/t16-/m0/s1. The van der Waals surface area contributed by atoms with Crippen LogP contribution < -0.4 is 10.6 Å². The van der Waals surface area contributed by atoms with Gasteiger partial charge in [-0.3, -0.25) is 19.4 Å². The number of aromatic nitrogens is 1. The number of piperidine rings is 1. The Kier molecular flexibility index (Phi) is 6.23. The number of aryl methyl sites for hydroxylation is 1. The summed E-state index contributed by atoms with van der Waals surface area (Å²) in [6.45, 7) is 5.93. The molecule has 144 valence electrons. The minimum Gasteiger partial charge on any atom is -0.369 e. The van der Waals surface area contributed by atoms with Crippen LogP contribution in [0.1, 0.15) is 37.9 Å². The molecule has 0 spiro atoms. The zero-order valence-electron chi connectivity index (χ0n) is 15.9. The van der Waals surface area contributed by atoms with Crippen molar-refractivity contribution in [1.82, 2.24) is 9.88 Å². The van der Waals surface area contributed by atoms with E-state index in [4.69, 9.17) is 10.7 Å². The number of para-hydroxylation sites is 1. The third-order valence-corrected chi connectivity index (χ3v) is 5.83. The number of hydrogen-bond donors (Lipinski definition) is 1. The number of rotatable bonds is 6. The molecule has 3 rings (SSSR count). The second kappa shape index (κ2) is 8.63. The van der Waals surface area contributed by atoms with E-state index in [-0.39, 0.29) is 17.7 Å². The lowest BCUT2D eigenvalue weighted by Gasteiger charge is -2.30. The molecule has 6 nitrogen and oxygen atoms in total. The van der Waals surface area contributed by atoms with Crippen LogP contribution in [0.5, 0.6) is 0 Å². The zero-order chi connectivity index (χ0) is 19.4. The highest BCUT2D eigenvalue weighted by Crippen LogP contribution is 2.32. The van der Waals surface area contributed by atoms with Crippen molar-refractivity contribution in [3.05, 3.63) is 40.9 Å². The third-order valence-electron chi connectivity index (χ3n) is 4.95. The van der Waals surface area contributed by atoms with E-state index in [0.29, 0.717) is 18.2 Å². The predicted molar refractivity (Wildman–Crippen MR) is 108 cm³/mol. The molecule has 0 saturated carbocycles. The summed E-state index contributed by atoms with van der Waals surface area (Å²) >= 11 is 1.47.